The molecule has 0 amide bonds. The van der Waals surface area contributed by atoms with Crippen LogP contribution in [0.1, 0.15) is 12.0 Å². The molecule has 4 heterocycles. The van der Waals surface area contributed by atoms with Gasteiger partial charge >= 0.3 is 0 Å². The second-order valence-electron chi connectivity index (χ2n) is 8.27. The van der Waals surface area contributed by atoms with Crippen LogP contribution in [0.2, 0.25) is 0 Å². The van der Waals surface area contributed by atoms with Crippen LogP contribution < -0.4 is 18.9 Å². The molecule has 1 unspecified atom stereocenters. The zero-order valence-corrected chi connectivity index (χ0v) is 19.4. The van der Waals surface area contributed by atoms with Crippen LogP contribution >= 0.6 is 11.9 Å². The van der Waals surface area contributed by atoms with Crippen molar-refractivity contribution in [1.29, 1.82) is 0 Å². The van der Waals surface area contributed by atoms with Gasteiger partial charge in [0.2, 0.25) is 5.88 Å². The summed E-state index contributed by atoms with van der Waals surface area (Å²) in [5.41, 5.74) is 1.88. The first-order valence-corrected chi connectivity index (χ1v) is 12.0. The topological polar surface area (TPSA) is 68.7 Å². The van der Waals surface area contributed by atoms with Crippen LogP contribution in [0.25, 0.3) is 11.0 Å². The molecule has 2 aliphatic rings. The molecule has 1 saturated heterocycles. The molecule has 1 atom stereocenters. The third-order valence-electron chi connectivity index (χ3n) is 6.07. The molecule has 0 bridgehead atoms. The fraction of sp³-hybridized carbons (Fsp3) is 0.417. The van der Waals surface area contributed by atoms with Gasteiger partial charge in [-0.05, 0) is 61.5 Å². The van der Waals surface area contributed by atoms with E-state index in [0.717, 1.165) is 49.0 Å². The summed E-state index contributed by atoms with van der Waals surface area (Å²) in [6.07, 6.45) is 3.01. The van der Waals surface area contributed by atoms with E-state index in [9.17, 15) is 4.39 Å². The Labute approximate surface area is 196 Å². The molecule has 3 aromatic rings. The van der Waals surface area contributed by atoms with Gasteiger partial charge in [0.05, 0.1) is 24.3 Å². The Bertz CT molecular complexity index is 1130. The lowest BCUT2D eigenvalue weighted by atomic mass is 10.1. The summed E-state index contributed by atoms with van der Waals surface area (Å²) in [4.78, 5) is 12.1. The van der Waals surface area contributed by atoms with Crippen molar-refractivity contribution in [3.05, 3.63) is 47.9 Å². The van der Waals surface area contributed by atoms with Crippen molar-refractivity contribution in [2.45, 2.75) is 17.7 Å². The van der Waals surface area contributed by atoms with Crippen LogP contribution in [0.3, 0.4) is 0 Å². The van der Waals surface area contributed by atoms with Gasteiger partial charge in [-0.3, -0.25) is 9.71 Å². The van der Waals surface area contributed by atoms with Gasteiger partial charge in [-0.15, -0.1) is 0 Å². The average Bonchev–Trinajstić information content (AvgIpc) is 3.30. The highest BCUT2D eigenvalue weighted by molar-refractivity contribution is 7.97. The maximum absolute atomic E-state index is 14.5. The van der Waals surface area contributed by atoms with Gasteiger partial charge < -0.3 is 19.1 Å². The number of hydrogen-bond donors (Lipinski definition) is 1. The number of hydrogen-bond acceptors (Lipinski definition) is 8. The largest absolute Gasteiger partial charge is 0.486 e. The van der Waals surface area contributed by atoms with Crippen LogP contribution in [0.4, 0.5) is 4.39 Å². The number of nitrogens with one attached hydrogen (secondary N) is 1. The highest BCUT2D eigenvalue weighted by atomic mass is 32.2. The van der Waals surface area contributed by atoms with Gasteiger partial charge in [-0.1, -0.05) is 0 Å². The van der Waals surface area contributed by atoms with E-state index >= 15 is 0 Å². The van der Waals surface area contributed by atoms with Crippen molar-refractivity contribution in [1.82, 2.24) is 19.6 Å². The summed E-state index contributed by atoms with van der Waals surface area (Å²) in [6.45, 7) is 4.92. The number of benzene rings is 1. The number of pyridine rings is 2. The first kappa shape index (κ1) is 22.2. The lowest BCUT2D eigenvalue weighted by molar-refractivity contribution is 0.171. The molecular formula is C24H27FN4O3S. The first-order chi connectivity index (χ1) is 16.2. The molecule has 9 heteroatoms. The predicted molar refractivity (Wildman–Crippen MR) is 126 cm³/mol. The lowest BCUT2D eigenvalue weighted by Gasteiger charge is -2.19. The van der Waals surface area contributed by atoms with E-state index in [4.69, 9.17) is 14.2 Å². The summed E-state index contributed by atoms with van der Waals surface area (Å²) < 4.78 is 34.5. The van der Waals surface area contributed by atoms with Crippen molar-refractivity contribution in [3.63, 3.8) is 0 Å². The average molecular weight is 471 g/mol. The van der Waals surface area contributed by atoms with Crippen molar-refractivity contribution >= 4 is 23.0 Å². The van der Waals surface area contributed by atoms with Crippen molar-refractivity contribution in [2.24, 2.45) is 5.92 Å². The van der Waals surface area contributed by atoms with Gasteiger partial charge in [0.25, 0.3) is 0 Å². The molecule has 2 aromatic heterocycles. The minimum Gasteiger partial charge on any atom is -0.486 e. The van der Waals surface area contributed by atoms with Crippen LogP contribution in [0.5, 0.6) is 17.4 Å². The Morgan fingerprint density at radius 2 is 2.09 bits per heavy atom. The number of likely N-dealkylation sites (tertiary alicyclic amines) is 1. The molecule has 0 radical (unpaired) electrons. The van der Waals surface area contributed by atoms with Crippen molar-refractivity contribution in [2.75, 3.05) is 46.5 Å². The quantitative estimate of drug-likeness (QED) is 0.500. The van der Waals surface area contributed by atoms with E-state index in [-0.39, 0.29) is 5.82 Å². The summed E-state index contributed by atoms with van der Waals surface area (Å²) in [5.74, 6) is 2.34. The van der Waals surface area contributed by atoms with Crippen LogP contribution in [-0.4, -0.2) is 61.4 Å². The molecule has 5 rings (SSSR count). The molecule has 0 aliphatic carbocycles. The fourth-order valence-electron chi connectivity index (χ4n) is 4.31. The number of halogens is 1. The Balaban J connectivity index is 1.12. The Kier molecular flexibility index (Phi) is 6.80. The highest BCUT2D eigenvalue weighted by Gasteiger charge is 2.23. The third kappa shape index (κ3) is 5.15. The van der Waals surface area contributed by atoms with Gasteiger partial charge in [0.1, 0.15) is 19.0 Å². The number of fused-ring (bicyclic) bond motifs is 2. The smallest absolute Gasteiger partial charge is 0.213 e. The van der Waals surface area contributed by atoms with Crippen LogP contribution in [0.15, 0.2) is 41.4 Å². The molecule has 7 nitrogen and oxygen atoms in total. The summed E-state index contributed by atoms with van der Waals surface area (Å²) in [6, 6.07) is 9.59. The summed E-state index contributed by atoms with van der Waals surface area (Å²) >= 11 is 1.62. The third-order valence-corrected chi connectivity index (χ3v) is 6.87. The van der Waals surface area contributed by atoms with E-state index in [1.807, 2.05) is 24.3 Å². The maximum atomic E-state index is 14.5. The maximum Gasteiger partial charge on any atom is 0.213 e. The van der Waals surface area contributed by atoms with E-state index in [1.165, 1.54) is 6.20 Å². The minimum atomic E-state index is -0.309. The molecule has 0 spiro atoms. The molecular weight excluding hydrogens is 443 g/mol. The summed E-state index contributed by atoms with van der Waals surface area (Å²) in [5, 5.41) is 0. The molecule has 1 fully saturated rings. The predicted octanol–water partition coefficient (Wildman–Crippen LogP) is 3.71. The number of methoxy groups -OCH3 is 1. The van der Waals surface area contributed by atoms with E-state index in [2.05, 4.69) is 19.6 Å². The molecule has 1 N–H and O–H groups in total. The monoisotopic (exact) mass is 470 g/mol. The van der Waals surface area contributed by atoms with E-state index < -0.39 is 0 Å². The Morgan fingerprint density at radius 3 is 2.97 bits per heavy atom. The lowest BCUT2D eigenvalue weighted by Crippen LogP contribution is -2.26. The molecule has 174 valence electrons. The normalized spacial score (nSPS) is 18.1. The Hall–Kier alpha value is -2.62. The first-order valence-electron chi connectivity index (χ1n) is 11.2. The highest BCUT2D eigenvalue weighted by Crippen LogP contribution is 2.33. The van der Waals surface area contributed by atoms with Crippen molar-refractivity contribution in [3.8, 4) is 17.4 Å². The van der Waals surface area contributed by atoms with Crippen molar-refractivity contribution < 1.29 is 18.6 Å². The minimum absolute atomic E-state index is 0.309. The SMILES string of the molecule is COc1ccc2ncc(F)c(CCN3CCC(CNSc4ccc5c(c4)OCCO5)C3)c2n1. The molecule has 33 heavy (non-hydrogen) atoms. The van der Waals surface area contributed by atoms with E-state index in [1.54, 1.807) is 25.1 Å². The van der Waals surface area contributed by atoms with Gasteiger partial charge in [-0.2, -0.15) is 0 Å². The second-order valence-corrected chi connectivity index (χ2v) is 9.23. The van der Waals surface area contributed by atoms with Crippen LogP contribution in [0, 0.1) is 11.7 Å². The zero-order chi connectivity index (χ0) is 22.6. The second kappa shape index (κ2) is 10.1. The van der Waals surface area contributed by atoms with E-state index in [0.29, 0.717) is 48.0 Å². The zero-order valence-electron chi connectivity index (χ0n) is 18.6. The number of ether oxygens (including phenoxy) is 3. The number of aromatic nitrogens is 2. The molecule has 0 saturated carbocycles. The molecule has 2 aliphatic heterocycles. The molecule has 1 aromatic carbocycles. The van der Waals surface area contributed by atoms with Gasteiger partial charge in [-0.25, -0.2) is 9.37 Å². The number of nitrogens with zero attached hydrogens (tertiary/aromatic N) is 3. The van der Waals surface area contributed by atoms with Gasteiger partial charge in [0, 0.05) is 36.2 Å². The Morgan fingerprint density at radius 1 is 1.21 bits per heavy atom. The van der Waals surface area contributed by atoms with Crippen LogP contribution in [-0.2, 0) is 6.42 Å². The van der Waals surface area contributed by atoms with Gasteiger partial charge in [0.15, 0.2) is 11.5 Å². The summed E-state index contributed by atoms with van der Waals surface area (Å²) in [7, 11) is 1.56. The fourth-order valence-corrected chi connectivity index (χ4v) is 5.10. The number of rotatable bonds is 8. The standard InChI is InChI=1S/C24H27FN4O3S/c1-30-23-5-3-20-24(28-23)18(19(25)14-26-20)7-9-29-8-6-16(15-29)13-27-33-17-2-4-21-22(12-17)32-11-10-31-21/h2-5,12,14,16,27H,6-11,13,15H2,1H3.